The van der Waals surface area contributed by atoms with Gasteiger partial charge in [0.2, 0.25) is 0 Å². The van der Waals surface area contributed by atoms with E-state index in [-0.39, 0.29) is 26.8 Å². The first kappa shape index (κ1) is 23.4. The fourth-order valence-corrected chi connectivity index (χ4v) is 3.94. The van der Waals surface area contributed by atoms with Crippen molar-refractivity contribution in [2.75, 3.05) is 5.32 Å². The number of nitrogens with one attached hydrogen (secondary N) is 1. The largest absolute Gasteiger partial charge is 0.378 e. The minimum atomic E-state index is -4.20. The van der Waals surface area contributed by atoms with Crippen LogP contribution in [0.2, 0.25) is 10.0 Å². The molecular weight excluding hydrogens is 471 g/mol. The summed E-state index contributed by atoms with van der Waals surface area (Å²) in [7, 11) is -4.20. The Morgan fingerprint density at radius 3 is 2.34 bits per heavy atom. The van der Waals surface area contributed by atoms with Crippen LogP contribution in [0.15, 0.2) is 77.2 Å². The van der Waals surface area contributed by atoms with Gasteiger partial charge in [0.25, 0.3) is 5.91 Å². The Balaban J connectivity index is 1.95. The molecule has 0 aliphatic rings. The lowest BCUT2D eigenvalue weighted by Gasteiger charge is -2.11. The van der Waals surface area contributed by atoms with Gasteiger partial charge in [-0.25, -0.2) is 0 Å². The second-order valence-corrected chi connectivity index (χ2v) is 9.03. The summed E-state index contributed by atoms with van der Waals surface area (Å²) in [5.41, 5.74) is 1.25. The summed E-state index contributed by atoms with van der Waals surface area (Å²) in [5, 5.41) is 12.8. The van der Waals surface area contributed by atoms with Gasteiger partial charge in [-0.15, -0.1) is 0 Å². The fourth-order valence-electron chi connectivity index (χ4n) is 2.68. The van der Waals surface area contributed by atoms with E-state index in [2.05, 4.69) is 5.32 Å². The van der Waals surface area contributed by atoms with Crippen LogP contribution in [0.4, 0.5) is 5.69 Å². The highest BCUT2D eigenvalue weighted by Gasteiger charge is 2.19. The number of carbonyl (C=O) groups excluding carboxylic acids is 1. The average molecular weight is 487 g/mol. The molecule has 0 heterocycles. The Labute approximate surface area is 195 Å². The summed E-state index contributed by atoms with van der Waals surface area (Å²) in [4.78, 5) is 12.5. The van der Waals surface area contributed by atoms with Crippen molar-refractivity contribution >= 4 is 51.0 Å². The lowest BCUT2D eigenvalue weighted by atomic mass is 10.1. The van der Waals surface area contributed by atoms with E-state index < -0.39 is 16.0 Å². The predicted octanol–water partition coefficient (Wildman–Crippen LogP) is 5.62. The van der Waals surface area contributed by atoms with Crippen LogP contribution in [0.1, 0.15) is 11.1 Å². The quantitative estimate of drug-likeness (QED) is 0.277. The van der Waals surface area contributed by atoms with Gasteiger partial charge in [-0.1, -0.05) is 41.4 Å². The molecule has 0 atom stereocenters. The molecule has 0 spiro atoms. The summed E-state index contributed by atoms with van der Waals surface area (Å²) in [6.07, 6.45) is 1.21. The smallest absolute Gasteiger partial charge is 0.339 e. The summed E-state index contributed by atoms with van der Waals surface area (Å²) in [5.74, 6) is -0.755. The molecule has 0 unspecified atom stereocenters. The van der Waals surface area contributed by atoms with Crippen LogP contribution < -0.4 is 9.50 Å². The molecule has 32 heavy (non-hydrogen) atoms. The molecule has 0 radical (unpaired) electrons. The van der Waals surface area contributed by atoms with Crippen LogP contribution in [0.3, 0.4) is 0 Å². The molecule has 3 aromatic rings. The highest BCUT2D eigenvalue weighted by Crippen LogP contribution is 2.29. The topological polar surface area (TPSA) is 96.3 Å². The highest BCUT2D eigenvalue weighted by molar-refractivity contribution is 7.87. The van der Waals surface area contributed by atoms with Gasteiger partial charge < -0.3 is 9.50 Å². The number of amides is 1. The van der Waals surface area contributed by atoms with Crippen LogP contribution in [0.25, 0.3) is 6.08 Å². The molecule has 0 saturated heterocycles. The van der Waals surface area contributed by atoms with Crippen molar-refractivity contribution in [3.63, 3.8) is 0 Å². The number of hydrogen-bond acceptors (Lipinski definition) is 5. The van der Waals surface area contributed by atoms with Crippen LogP contribution in [-0.4, -0.2) is 14.3 Å². The van der Waals surface area contributed by atoms with Gasteiger partial charge in [0.1, 0.15) is 22.3 Å². The van der Waals surface area contributed by atoms with Gasteiger partial charge in [-0.3, -0.25) is 4.79 Å². The van der Waals surface area contributed by atoms with Gasteiger partial charge in [-0.05, 0) is 67.1 Å². The Bertz CT molecular complexity index is 1350. The molecule has 0 aliphatic carbocycles. The van der Waals surface area contributed by atoms with Crippen LogP contribution in [0, 0.1) is 18.3 Å². The SMILES string of the molecule is Cc1ccccc1NC(=O)/C(C#N)=C/c1cc(Cl)ccc1OS(=O)(=O)c1ccc(Cl)cc1. The molecule has 3 rings (SSSR count). The van der Waals surface area contributed by atoms with Crippen LogP contribution >= 0.6 is 23.2 Å². The van der Waals surface area contributed by atoms with Crippen molar-refractivity contribution in [2.24, 2.45) is 0 Å². The fraction of sp³-hybridized carbons (Fsp3) is 0.0435. The minimum Gasteiger partial charge on any atom is -0.378 e. The van der Waals surface area contributed by atoms with E-state index in [1.54, 1.807) is 12.1 Å². The zero-order valence-corrected chi connectivity index (χ0v) is 19.0. The molecule has 3 aromatic carbocycles. The van der Waals surface area contributed by atoms with E-state index in [1.807, 2.05) is 25.1 Å². The molecule has 162 valence electrons. The number of halogens is 2. The van der Waals surface area contributed by atoms with Gasteiger partial charge in [-0.2, -0.15) is 13.7 Å². The van der Waals surface area contributed by atoms with E-state index >= 15 is 0 Å². The maximum atomic E-state index is 12.7. The maximum absolute atomic E-state index is 12.7. The first-order chi connectivity index (χ1) is 15.2. The predicted molar refractivity (Wildman–Crippen MR) is 124 cm³/mol. The van der Waals surface area contributed by atoms with E-state index in [0.29, 0.717) is 10.7 Å². The number of aryl methyl sites for hydroxylation is 1. The van der Waals surface area contributed by atoms with E-state index in [0.717, 1.165) is 5.56 Å². The first-order valence-corrected chi connectivity index (χ1v) is 11.3. The van der Waals surface area contributed by atoms with E-state index in [9.17, 15) is 18.5 Å². The molecule has 1 N–H and O–H groups in total. The van der Waals surface area contributed by atoms with Gasteiger partial charge in [0.05, 0.1) is 0 Å². The third-order valence-corrected chi connectivity index (χ3v) is 6.07. The number of rotatable bonds is 6. The van der Waals surface area contributed by atoms with Crippen LogP contribution in [0.5, 0.6) is 5.75 Å². The van der Waals surface area contributed by atoms with Gasteiger partial charge >= 0.3 is 10.1 Å². The maximum Gasteiger partial charge on any atom is 0.339 e. The summed E-state index contributed by atoms with van der Waals surface area (Å²) < 4.78 is 30.6. The first-order valence-electron chi connectivity index (χ1n) is 9.18. The molecule has 9 heteroatoms. The number of hydrogen-bond donors (Lipinski definition) is 1. The zero-order valence-electron chi connectivity index (χ0n) is 16.7. The molecule has 0 bridgehead atoms. The van der Waals surface area contributed by atoms with Crippen molar-refractivity contribution < 1.29 is 17.4 Å². The van der Waals surface area contributed by atoms with E-state index in [4.69, 9.17) is 27.4 Å². The standard InChI is InChI=1S/C23H16Cl2N2O4S/c1-15-4-2-3-5-21(15)27-23(28)17(14-26)12-16-13-19(25)8-11-22(16)31-32(29,30)20-9-6-18(24)7-10-20/h2-13H,1H3,(H,27,28)/b17-12+. The van der Waals surface area contributed by atoms with Crippen molar-refractivity contribution in [2.45, 2.75) is 11.8 Å². The molecule has 0 aliphatic heterocycles. The summed E-state index contributed by atoms with van der Waals surface area (Å²) in [6, 6.07) is 18.5. The zero-order chi connectivity index (χ0) is 23.3. The third kappa shape index (κ3) is 5.68. The number of benzene rings is 3. The van der Waals surface area contributed by atoms with Crippen molar-refractivity contribution in [3.05, 3.63) is 93.5 Å². The summed E-state index contributed by atoms with van der Waals surface area (Å²) in [6.45, 7) is 1.82. The van der Waals surface area contributed by atoms with E-state index in [1.165, 1.54) is 48.5 Å². The normalized spacial score (nSPS) is 11.5. The van der Waals surface area contributed by atoms with Crippen molar-refractivity contribution in [1.29, 1.82) is 5.26 Å². The van der Waals surface area contributed by atoms with Gasteiger partial charge in [0, 0.05) is 21.3 Å². The van der Waals surface area contributed by atoms with Crippen molar-refractivity contribution in [1.82, 2.24) is 0 Å². The average Bonchev–Trinajstić information content (AvgIpc) is 2.75. The Morgan fingerprint density at radius 2 is 1.69 bits per heavy atom. The Morgan fingerprint density at radius 1 is 1.03 bits per heavy atom. The third-order valence-electron chi connectivity index (χ3n) is 4.33. The minimum absolute atomic E-state index is 0.0965. The second-order valence-electron chi connectivity index (χ2n) is 6.61. The number of nitrogens with zero attached hydrogens (tertiary/aromatic N) is 1. The second kappa shape index (κ2) is 9.88. The molecule has 1 amide bonds. The Hall–Kier alpha value is -3.31. The molecule has 0 aromatic heterocycles. The highest BCUT2D eigenvalue weighted by atomic mass is 35.5. The lowest BCUT2D eigenvalue weighted by molar-refractivity contribution is -0.112. The summed E-state index contributed by atoms with van der Waals surface area (Å²) >= 11 is 11.9. The number of anilines is 1. The molecule has 0 fully saturated rings. The Kier molecular flexibility index (Phi) is 7.21. The lowest BCUT2D eigenvalue weighted by Crippen LogP contribution is -2.14. The number of para-hydroxylation sites is 1. The van der Waals surface area contributed by atoms with Crippen LogP contribution in [-0.2, 0) is 14.9 Å². The monoisotopic (exact) mass is 486 g/mol. The van der Waals surface area contributed by atoms with Crippen molar-refractivity contribution in [3.8, 4) is 11.8 Å². The molecule has 0 saturated carbocycles. The molecule has 6 nitrogen and oxygen atoms in total. The molecular formula is C23H16Cl2N2O4S. The number of nitriles is 1. The van der Waals surface area contributed by atoms with Gasteiger partial charge in [0.15, 0.2) is 0 Å². The number of carbonyl (C=O) groups is 1.